The molecule has 0 saturated carbocycles. The molecule has 0 aliphatic rings. The molecule has 0 bridgehead atoms. The van der Waals surface area contributed by atoms with E-state index in [9.17, 15) is 24.9 Å². The number of carbonyl (C=O) groups is 2. The Labute approximate surface area is 130 Å². The lowest BCUT2D eigenvalue weighted by Crippen LogP contribution is -2.53. The minimum absolute atomic E-state index is 0.333. The zero-order chi connectivity index (χ0) is 17.6. The van der Waals surface area contributed by atoms with Crippen LogP contribution < -0.4 is 0 Å². The lowest BCUT2D eigenvalue weighted by Gasteiger charge is -2.27. The SMILES string of the molecule is O=C(/C=C/c1ccc(O)c(O)c1)OCC(O)(CO)C(O)C(=O)O. The van der Waals surface area contributed by atoms with Crippen LogP contribution in [-0.2, 0) is 14.3 Å². The number of carboxylic acids is 1. The molecule has 2 unspecified atom stereocenters. The van der Waals surface area contributed by atoms with E-state index in [0.717, 1.165) is 6.08 Å². The Hall–Kier alpha value is -2.62. The van der Waals surface area contributed by atoms with Gasteiger partial charge in [-0.05, 0) is 23.8 Å². The van der Waals surface area contributed by atoms with Crippen molar-refractivity contribution in [2.24, 2.45) is 0 Å². The third-order valence-corrected chi connectivity index (χ3v) is 2.89. The fourth-order valence-corrected chi connectivity index (χ4v) is 1.49. The van der Waals surface area contributed by atoms with Crippen molar-refractivity contribution in [1.82, 2.24) is 0 Å². The maximum atomic E-state index is 11.5. The number of phenolic OH excluding ortho intramolecular Hbond substituents is 2. The number of carbonyl (C=O) groups excluding carboxylic acids is 1. The standard InChI is InChI=1S/C14H16O9/c15-6-14(22,12(19)13(20)21)7-23-11(18)4-2-8-1-3-9(16)10(17)5-8/h1-5,12,15-17,19,22H,6-7H2,(H,20,21)/b4-2+. The molecule has 0 amide bonds. The molecule has 0 heterocycles. The molecule has 0 spiro atoms. The summed E-state index contributed by atoms with van der Waals surface area (Å²) < 4.78 is 4.57. The molecule has 23 heavy (non-hydrogen) atoms. The number of aromatic hydroxyl groups is 2. The number of aliphatic carboxylic acids is 1. The summed E-state index contributed by atoms with van der Waals surface area (Å²) in [5.74, 6) is -3.49. The first kappa shape index (κ1) is 18.4. The molecule has 1 aromatic carbocycles. The Kier molecular flexibility index (Phi) is 6.08. The van der Waals surface area contributed by atoms with Crippen LogP contribution in [0, 0.1) is 0 Å². The first-order chi connectivity index (χ1) is 10.7. The fraction of sp³-hybridized carbons (Fsp3) is 0.286. The number of hydrogen-bond acceptors (Lipinski definition) is 8. The zero-order valence-corrected chi connectivity index (χ0v) is 11.8. The van der Waals surface area contributed by atoms with Crippen molar-refractivity contribution in [1.29, 1.82) is 0 Å². The quantitative estimate of drug-likeness (QED) is 0.205. The number of phenols is 2. The number of esters is 1. The van der Waals surface area contributed by atoms with Gasteiger partial charge in [-0.25, -0.2) is 9.59 Å². The number of aliphatic hydroxyl groups is 3. The predicted octanol–water partition coefficient (Wildman–Crippen LogP) is -1.18. The number of hydrogen-bond donors (Lipinski definition) is 6. The van der Waals surface area contributed by atoms with E-state index in [1.54, 1.807) is 0 Å². The summed E-state index contributed by atoms with van der Waals surface area (Å²) in [6.07, 6.45) is -0.192. The topological polar surface area (TPSA) is 165 Å². The molecule has 0 saturated heterocycles. The number of aliphatic hydroxyl groups excluding tert-OH is 2. The Morgan fingerprint density at radius 1 is 1.26 bits per heavy atom. The van der Waals surface area contributed by atoms with Crippen LogP contribution in [0.2, 0.25) is 0 Å². The van der Waals surface area contributed by atoms with E-state index in [4.69, 9.17) is 15.3 Å². The van der Waals surface area contributed by atoms with Gasteiger partial charge in [0.15, 0.2) is 23.2 Å². The molecule has 9 heteroatoms. The second kappa shape index (κ2) is 7.58. The fourth-order valence-electron chi connectivity index (χ4n) is 1.49. The summed E-state index contributed by atoms with van der Waals surface area (Å²) in [5, 5.41) is 54.9. The van der Waals surface area contributed by atoms with Crippen LogP contribution in [0.4, 0.5) is 0 Å². The monoisotopic (exact) mass is 328 g/mol. The van der Waals surface area contributed by atoms with Gasteiger partial charge >= 0.3 is 11.9 Å². The van der Waals surface area contributed by atoms with Crippen LogP contribution in [0.25, 0.3) is 6.08 Å². The van der Waals surface area contributed by atoms with Gasteiger partial charge in [0.05, 0.1) is 6.61 Å². The lowest BCUT2D eigenvalue weighted by atomic mass is 9.99. The molecule has 2 atom stereocenters. The summed E-state index contributed by atoms with van der Waals surface area (Å²) in [6.45, 7) is -2.08. The van der Waals surface area contributed by atoms with E-state index >= 15 is 0 Å². The van der Waals surface area contributed by atoms with Crippen LogP contribution >= 0.6 is 0 Å². The molecule has 0 aromatic heterocycles. The maximum Gasteiger partial charge on any atom is 0.335 e. The minimum Gasteiger partial charge on any atom is -0.504 e. The molecule has 0 radical (unpaired) electrons. The molecular weight excluding hydrogens is 312 g/mol. The molecule has 0 fully saturated rings. The zero-order valence-electron chi connectivity index (χ0n) is 11.8. The molecule has 1 aromatic rings. The van der Waals surface area contributed by atoms with Crippen LogP contribution in [0.5, 0.6) is 11.5 Å². The third kappa shape index (κ3) is 4.95. The Bertz CT molecular complexity index is 610. The van der Waals surface area contributed by atoms with Crippen molar-refractivity contribution in [3.05, 3.63) is 29.8 Å². The number of benzene rings is 1. The molecule has 6 N–H and O–H groups in total. The highest BCUT2D eigenvalue weighted by molar-refractivity contribution is 5.87. The van der Waals surface area contributed by atoms with Crippen LogP contribution in [-0.4, -0.2) is 67.5 Å². The van der Waals surface area contributed by atoms with Gasteiger partial charge in [-0.3, -0.25) is 0 Å². The number of ether oxygens (including phenoxy) is 1. The minimum atomic E-state index is -2.54. The second-order valence-electron chi connectivity index (χ2n) is 4.69. The van der Waals surface area contributed by atoms with Gasteiger partial charge in [-0.2, -0.15) is 0 Å². The Balaban J connectivity index is 2.67. The largest absolute Gasteiger partial charge is 0.504 e. The smallest absolute Gasteiger partial charge is 0.335 e. The van der Waals surface area contributed by atoms with Gasteiger partial charge < -0.3 is 35.4 Å². The van der Waals surface area contributed by atoms with Crippen LogP contribution in [0.3, 0.4) is 0 Å². The van der Waals surface area contributed by atoms with E-state index in [2.05, 4.69) is 4.74 Å². The van der Waals surface area contributed by atoms with Gasteiger partial charge in [-0.1, -0.05) is 6.07 Å². The van der Waals surface area contributed by atoms with Crippen molar-refractivity contribution in [3.63, 3.8) is 0 Å². The van der Waals surface area contributed by atoms with E-state index in [1.165, 1.54) is 24.3 Å². The summed E-state index contributed by atoms with van der Waals surface area (Å²) in [6, 6.07) is 3.78. The third-order valence-electron chi connectivity index (χ3n) is 2.89. The summed E-state index contributed by atoms with van der Waals surface area (Å²) >= 11 is 0. The normalized spacial score (nSPS) is 15.1. The van der Waals surface area contributed by atoms with E-state index in [-0.39, 0.29) is 11.5 Å². The predicted molar refractivity (Wildman–Crippen MR) is 75.4 cm³/mol. The Morgan fingerprint density at radius 2 is 1.91 bits per heavy atom. The van der Waals surface area contributed by atoms with E-state index in [1.807, 2.05) is 0 Å². The second-order valence-corrected chi connectivity index (χ2v) is 4.69. The van der Waals surface area contributed by atoms with E-state index in [0.29, 0.717) is 5.56 Å². The highest BCUT2D eigenvalue weighted by atomic mass is 16.5. The maximum absolute atomic E-state index is 11.5. The van der Waals surface area contributed by atoms with Crippen molar-refractivity contribution in [3.8, 4) is 11.5 Å². The highest BCUT2D eigenvalue weighted by Crippen LogP contribution is 2.25. The van der Waals surface area contributed by atoms with Crippen molar-refractivity contribution in [2.75, 3.05) is 13.2 Å². The van der Waals surface area contributed by atoms with Gasteiger partial charge in [-0.15, -0.1) is 0 Å². The molecule has 0 aliphatic heterocycles. The summed E-state index contributed by atoms with van der Waals surface area (Å²) in [5.41, 5.74) is -2.17. The molecule has 0 aliphatic carbocycles. The first-order valence-electron chi connectivity index (χ1n) is 6.30. The van der Waals surface area contributed by atoms with Crippen molar-refractivity contribution in [2.45, 2.75) is 11.7 Å². The lowest BCUT2D eigenvalue weighted by molar-refractivity contribution is -0.182. The first-order valence-corrected chi connectivity index (χ1v) is 6.30. The van der Waals surface area contributed by atoms with Gasteiger partial charge in [0.25, 0.3) is 0 Å². The van der Waals surface area contributed by atoms with Gasteiger partial charge in [0.1, 0.15) is 6.61 Å². The van der Waals surface area contributed by atoms with Gasteiger partial charge in [0.2, 0.25) is 0 Å². The molecule has 9 nitrogen and oxygen atoms in total. The van der Waals surface area contributed by atoms with Crippen LogP contribution in [0.15, 0.2) is 24.3 Å². The summed E-state index contributed by atoms with van der Waals surface area (Å²) in [7, 11) is 0. The highest BCUT2D eigenvalue weighted by Gasteiger charge is 2.41. The van der Waals surface area contributed by atoms with E-state index < -0.39 is 36.9 Å². The molecular formula is C14H16O9. The van der Waals surface area contributed by atoms with Gasteiger partial charge in [0, 0.05) is 6.08 Å². The molecule has 1 rings (SSSR count). The van der Waals surface area contributed by atoms with Crippen molar-refractivity contribution < 1.29 is 45.0 Å². The average molecular weight is 328 g/mol. The Morgan fingerprint density at radius 3 is 2.43 bits per heavy atom. The van der Waals surface area contributed by atoms with Crippen LogP contribution in [0.1, 0.15) is 5.56 Å². The number of rotatable bonds is 7. The summed E-state index contributed by atoms with van der Waals surface area (Å²) in [4.78, 5) is 22.1. The number of carboxylic acid groups (broad SMARTS) is 1. The van der Waals surface area contributed by atoms with Crippen molar-refractivity contribution >= 4 is 18.0 Å². The average Bonchev–Trinajstić information content (AvgIpc) is 2.52. The molecule has 126 valence electrons.